The van der Waals surface area contributed by atoms with Crippen LogP contribution in [0.15, 0.2) is 11.1 Å². The fraction of sp³-hybridized carbons (Fsp3) is 0.826. The number of hydrogen-bond acceptors (Lipinski definition) is 9. The zero-order valence-electron chi connectivity index (χ0n) is 23.6. The number of hydrogen-bond donors (Lipinski definition) is 2. The minimum atomic E-state index is -4.15. The van der Waals surface area contributed by atoms with Gasteiger partial charge in [-0.2, -0.15) is 8.42 Å². The van der Waals surface area contributed by atoms with Crippen molar-refractivity contribution < 1.29 is 35.8 Å². The number of carbonyl (C=O) groups excluding carboxylic acids is 2. The SMILES string of the molecule is CC(C)(C)[Si](C)(C)OCC1O[C@@H](N2CCC(=O)NC2=O)[C@H](O[Si](C)(C)C(C)(C)C)C12OS(=O)(=O)C=C2N. The number of urea groups is 1. The van der Waals surface area contributed by atoms with Crippen LogP contribution in [0.4, 0.5) is 4.79 Å². The van der Waals surface area contributed by atoms with Crippen LogP contribution in [0.5, 0.6) is 0 Å². The van der Waals surface area contributed by atoms with Gasteiger partial charge < -0.3 is 19.3 Å². The average Bonchev–Trinajstić information content (AvgIpc) is 3.11. The molecule has 0 aromatic rings. The minimum absolute atomic E-state index is 0.0111. The monoisotopic (exact) mass is 577 g/mol. The molecule has 3 rings (SSSR count). The number of nitrogens with two attached hydrogens (primary N) is 1. The van der Waals surface area contributed by atoms with Crippen LogP contribution in [0.1, 0.15) is 48.0 Å². The number of carbonyl (C=O) groups is 2. The van der Waals surface area contributed by atoms with Crippen LogP contribution in [-0.2, 0) is 32.7 Å². The Balaban J connectivity index is 2.12. The van der Waals surface area contributed by atoms with Crippen LogP contribution in [0, 0.1) is 0 Å². The molecule has 2 unspecified atom stereocenters. The summed E-state index contributed by atoms with van der Waals surface area (Å²) in [4.78, 5) is 26.1. The van der Waals surface area contributed by atoms with Gasteiger partial charge in [0.25, 0.3) is 10.1 Å². The zero-order chi connectivity index (χ0) is 28.4. The summed E-state index contributed by atoms with van der Waals surface area (Å²) in [5.74, 6) is -0.396. The second kappa shape index (κ2) is 9.42. The predicted octanol–water partition coefficient (Wildman–Crippen LogP) is 2.96. The maximum Gasteiger partial charge on any atom is 0.326 e. The highest BCUT2D eigenvalue weighted by molar-refractivity contribution is 7.90. The molecule has 2 fully saturated rings. The van der Waals surface area contributed by atoms with E-state index in [1.165, 1.54) is 4.90 Å². The van der Waals surface area contributed by atoms with E-state index >= 15 is 0 Å². The summed E-state index contributed by atoms with van der Waals surface area (Å²) in [6, 6.07) is -0.644. The third-order valence-corrected chi connectivity index (χ3v) is 18.5. The van der Waals surface area contributed by atoms with Gasteiger partial charge in [0.05, 0.1) is 17.7 Å². The Hall–Kier alpha value is -1.30. The second-order valence-electron chi connectivity index (χ2n) is 13.1. The maximum absolute atomic E-state index is 12.9. The van der Waals surface area contributed by atoms with E-state index in [1.807, 2.05) is 33.9 Å². The zero-order valence-corrected chi connectivity index (χ0v) is 26.4. The number of rotatable bonds is 6. The first-order valence-electron chi connectivity index (χ1n) is 12.5. The average molecular weight is 578 g/mol. The van der Waals surface area contributed by atoms with E-state index in [0.717, 1.165) is 5.41 Å². The molecule has 212 valence electrons. The summed E-state index contributed by atoms with van der Waals surface area (Å²) >= 11 is 0. The van der Waals surface area contributed by atoms with Gasteiger partial charge in [0.15, 0.2) is 28.5 Å². The fourth-order valence-corrected chi connectivity index (χ4v) is 7.57. The molecule has 3 heterocycles. The maximum atomic E-state index is 12.9. The highest BCUT2D eigenvalue weighted by Gasteiger charge is 2.68. The van der Waals surface area contributed by atoms with Gasteiger partial charge in [-0.15, -0.1) is 0 Å². The molecule has 3 aliphatic rings. The summed E-state index contributed by atoms with van der Waals surface area (Å²) in [6.45, 7) is 20.7. The molecule has 4 atom stereocenters. The van der Waals surface area contributed by atoms with E-state index in [0.29, 0.717) is 0 Å². The topological polar surface area (TPSA) is 146 Å². The van der Waals surface area contributed by atoms with Crippen molar-refractivity contribution in [3.05, 3.63) is 11.1 Å². The highest BCUT2D eigenvalue weighted by atomic mass is 32.2. The van der Waals surface area contributed by atoms with Crippen molar-refractivity contribution in [2.75, 3.05) is 13.2 Å². The van der Waals surface area contributed by atoms with E-state index in [1.54, 1.807) is 0 Å². The summed E-state index contributed by atoms with van der Waals surface area (Å²) in [6.07, 6.45) is -3.05. The van der Waals surface area contributed by atoms with Crippen LogP contribution >= 0.6 is 0 Å². The first-order valence-corrected chi connectivity index (χ1v) is 19.8. The van der Waals surface area contributed by atoms with Gasteiger partial charge in [0.2, 0.25) is 5.91 Å². The molecule has 37 heavy (non-hydrogen) atoms. The third-order valence-electron chi connectivity index (χ3n) is 8.46. The van der Waals surface area contributed by atoms with Crippen molar-refractivity contribution in [3.8, 4) is 0 Å². The molecular weight excluding hydrogens is 535 g/mol. The molecule has 0 aromatic carbocycles. The Morgan fingerprint density at radius 3 is 2.14 bits per heavy atom. The van der Waals surface area contributed by atoms with E-state index < -0.39 is 62.7 Å². The van der Waals surface area contributed by atoms with Gasteiger partial charge in [-0.3, -0.25) is 15.0 Å². The fourth-order valence-electron chi connectivity index (χ4n) is 4.06. The van der Waals surface area contributed by atoms with Gasteiger partial charge in [0, 0.05) is 13.0 Å². The van der Waals surface area contributed by atoms with Crippen LogP contribution in [0.3, 0.4) is 0 Å². The Morgan fingerprint density at radius 2 is 1.68 bits per heavy atom. The molecule has 3 aliphatic heterocycles. The number of imide groups is 1. The molecule has 0 bridgehead atoms. The van der Waals surface area contributed by atoms with Crippen molar-refractivity contribution in [2.45, 2.75) is 108 Å². The van der Waals surface area contributed by atoms with Crippen LogP contribution in [-0.4, -0.2) is 79.1 Å². The summed E-state index contributed by atoms with van der Waals surface area (Å²) in [7, 11) is -9.04. The standard InChI is InChI=1S/C23H43N3O8SSi2/c1-21(2,3)36(7,8)31-13-16-23(15(24)14-35(29,30)34-23)18(33-37(9,10)22(4,5)6)19(32-16)26-12-11-17(27)25-20(26)28/h14,16,18-19H,11-13,24H2,1-10H3,(H,25,27,28)/t16?,18-,19+,23?/m0/s1. The highest BCUT2D eigenvalue weighted by Crippen LogP contribution is 2.50. The lowest BCUT2D eigenvalue weighted by Gasteiger charge is -2.45. The lowest BCUT2D eigenvalue weighted by molar-refractivity contribution is -0.125. The number of nitrogens with one attached hydrogen (secondary N) is 1. The Kier molecular flexibility index (Phi) is 7.70. The molecule has 2 saturated heterocycles. The molecule has 3 amide bonds. The largest absolute Gasteiger partial charge is 0.414 e. The van der Waals surface area contributed by atoms with E-state index in [2.05, 4.69) is 39.2 Å². The minimum Gasteiger partial charge on any atom is -0.414 e. The van der Waals surface area contributed by atoms with Crippen LogP contribution in [0.25, 0.3) is 0 Å². The Morgan fingerprint density at radius 1 is 1.11 bits per heavy atom. The summed E-state index contributed by atoms with van der Waals surface area (Å²) in [5.41, 5.74) is 4.64. The van der Waals surface area contributed by atoms with Crippen molar-refractivity contribution >= 4 is 38.7 Å². The summed E-state index contributed by atoms with van der Waals surface area (Å²) < 4.78 is 50.9. The van der Waals surface area contributed by atoms with Crippen molar-refractivity contribution in [1.82, 2.24) is 10.2 Å². The molecule has 0 radical (unpaired) electrons. The first-order chi connectivity index (χ1) is 16.5. The van der Waals surface area contributed by atoms with Gasteiger partial charge in [-0.1, -0.05) is 41.5 Å². The smallest absolute Gasteiger partial charge is 0.326 e. The molecule has 0 aromatic heterocycles. The van der Waals surface area contributed by atoms with Gasteiger partial charge in [0.1, 0.15) is 12.2 Å². The Bertz CT molecular complexity index is 1080. The molecule has 14 heteroatoms. The molecule has 3 N–H and O–H groups in total. The predicted molar refractivity (Wildman–Crippen MR) is 144 cm³/mol. The molecule has 0 aliphatic carbocycles. The second-order valence-corrected chi connectivity index (χ2v) is 24.1. The lowest BCUT2D eigenvalue weighted by atomic mass is 9.89. The Labute approximate surface area is 222 Å². The van der Waals surface area contributed by atoms with Gasteiger partial charge in [-0.05, 0) is 36.3 Å². The number of amides is 3. The van der Waals surface area contributed by atoms with Gasteiger partial charge in [-0.25, -0.2) is 8.98 Å². The van der Waals surface area contributed by atoms with Crippen molar-refractivity contribution in [2.24, 2.45) is 5.73 Å². The first kappa shape index (κ1) is 30.2. The van der Waals surface area contributed by atoms with E-state index in [-0.39, 0.29) is 35.3 Å². The quantitative estimate of drug-likeness (QED) is 0.359. The number of nitrogens with zero attached hydrogens (tertiary/aromatic N) is 1. The van der Waals surface area contributed by atoms with Gasteiger partial charge >= 0.3 is 6.03 Å². The summed E-state index contributed by atoms with van der Waals surface area (Å²) in [5, 5.41) is 2.82. The molecule has 11 nitrogen and oxygen atoms in total. The van der Waals surface area contributed by atoms with E-state index in [4.69, 9.17) is 23.5 Å². The third kappa shape index (κ3) is 5.56. The molecule has 0 saturated carbocycles. The lowest BCUT2D eigenvalue weighted by Crippen LogP contribution is -2.63. The normalized spacial score (nSPS) is 31.1. The molecular formula is C23H43N3O8SSi2. The number of ether oxygens (including phenoxy) is 1. The van der Waals surface area contributed by atoms with Crippen LogP contribution < -0.4 is 11.1 Å². The van der Waals surface area contributed by atoms with Crippen LogP contribution in [0.2, 0.25) is 36.3 Å². The molecule has 1 spiro atoms. The van der Waals surface area contributed by atoms with Crippen molar-refractivity contribution in [3.63, 3.8) is 0 Å². The van der Waals surface area contributed by atoms with E-state index in [9.17, 15) is 18.0 Å². The van der Waals surface area contributed by atoms with Crippen molar-refractivity contribution in [1.29, 1.82) is 0 Å².